The highest BCUT2D eigenvalue weighted by Gasteiger charge is 1.98. The molecule has 0 saturated heterocycles. The summed E-state index contributed by atoms with van der Waals surface area (Å²) in [6, 6.07) is 23.4. The van der Waals surface area contributed by atoms with E-state index in [1.807, 2.05) is 72.8 Å². The van der Waals surface area contributed by atoms with Crippen LogP contribution in [0.1, 0.15) is 0 Å². The molecule has 0 spiro atoms. The summed E-state index contributed by atoms with van der Waals surface area (Å²) >= 11 is 0. The van der Waals surface area contributed by atoms with Gasteiger partial charge in [-0.3, -0.25) is 0 Å². The quantitative estimate of drug-likeness (QED) is 0.539. The molecule has 0 aliphatic rings. The highest BCUT2D eigenvalue weighted by atomic mass is 14.9. The third kappa shape index (κ3) is 3.49. The maximum atomic E-state index is 5.69. The molecule has 4 nitrogen and oxygen atoms in total. The Bertz CT molecular complexity index is 686. The third-order valence-electron chi connectivity index (χ3n) is 3.26. The second-order valence-electron chi connectivity index (χ2n) is 5.07. The number of nitrogens with one attached hydrogen (secondary N) is 2. The molecule has 0 unspecified atom stereocenters. The molecule has 0 aliphatic heterocycles. The lowest BCUT2D eigenvalue weighted by Crippen LogP contribution is -1.94. The fourth-order valence-electron chi connectivity index (χ4n) is 2.14. The molecule has 4 heteroatoms. The summed E-state index contributed by atoms with van der Waals surface area (Å²) in [5.41, 5.74) is 16.9. The minimum Gasteiger partial charge on any atom is -0.399 e. The fraction of sp³-hybridized carbons (Fsp3) is 0. The molecule has 0 bridgehead atoms. The van der Waals surface area contributed by atoms with Gasteiger partial charge in [-0.1, -0.05) is 6.07 Å². The third-order valence-corrected chi connectivity index (χ3v) is 3.26. The van der Waals surface area contributed by atoms with Crippen LogP contribution < -0.4 is 22.1 Å². The minimum atomic E-state index is 0.754. The molecule has 0 aromatic heterocycles. The number of rotatable bonds is 4. The van der Waals surface area contributed by atoms with Gasteiger partial charge in [-0.25, -0.2) is 0 Å². The van der Waals surface area contributed by atoms with Crippen molar-refractivity contribution in [2.75, 3.05) is 22.1 Å². The highest BCUT2D eigenvalue weighted by Crippen LogP contribution is 2.23. The van der Waals surface area contributed by atoms with Crippen LogP contribution in [0.3, 0.4) is 0 Å². The molecule has 0 saturated carbocycles. The topological polar surface area (TPSA) is 76.1 Å². The molecule has 0 atom stereocenters. The zero-order valence-corrected chi connectivity index (χ0v) is 12.1. The number of nitrogens with two attached hydrogens (primary N) is 2. The molecule has 110 valence electrons. The first-order valence-corrected chi connectivity index (χ1v) is 7.04. The number of hydrogen-bond acceptors (Lipinski definition) is 4. The van der Waals surface area contributed by atoms with Gasteiger partial charge in [0, 0.05) is 34.1 Å². The van der Waals surface area contributed by atoms with Gasteiger partial charge >= 0.3 is 0 Å². The van der Waals surface area contributed by atoms with Crippen LogP contribution in [0.4, 0.5) is 34.1 Å². The van der Waals surface area contributed by atoms with Gasteiger partial charge in [0.15, 0.2) is 0 Å². The van der Waals surface area contributed by atoms with Crippen molar-refractivity contribution < 1.29 is 0 Å². The predicted molar refractivity (Wildman–Crippen MR) is 94.7 cm³/mol. The first-order valence-electron chi connectivity index (χ1n) is 7.04. The molecule has 0 aliphatic carbocycles. The number of benzene rings is 3. The van der Waals surface area contributed by atoms with Gasteiger partial charge in [0.1, 0.15) is 0 Å². The van der Waals surface area contributed by atoms with E-state index in [0.717, 1.165) is 34.1 Å². The lowest BCUT2D eigenvalue weighted by molar-refractivity contribution is 1.51. The van der Waals surface area contributed by atoms with Gasteiger partial charge < -0.3 is 22.1 Å². The summed E-state index contributed by atoms with van der Waals surface area (Å²) in [6.07, 6.45) is 0. The van der Waals surface area contributed by atoms with Gasteiger partial charge in [0.2, 0.25) is 0 Å². The van der Waals surface area contributed by atoms with Crippen LogP contribution in [0, 0.1) is 0 Å². The van der Waals surface area contributed by atoms with Crippen molar-refractivity contribution in [1.82, 2.24) is 0 Å². The van der Waals surface area contributed by atoms with Crippen LogP contribution in [0.5, 0.6) is 0 Å². The molecule has 0 fully saturated rings. The predicted octanol–water partition coefficient (Wildman–Crippen LogP) is 4.34. The largest absolute Gasteiger partial charge is 0.399 e. The average Bonchev–Trinajstić information content (AvgIpc) is 2.52. The number of anilines is 6. The van der Waals surface area contributed by atoms with Crippen molar-refractivity contribution in [2.45, 2.75) is 0 Å². The van der Waals surface area contributed by atoms with E-state index in [-0.39, 0.29) is 0 Å². The summed E-state index contributed by atoms with van der Waals surface area (Å²) < 4.78 is 0. The monoisotopic (exact) mass is 290 g/mol. The summed E-state index contributed by atoms with van der Waals surface area (Å²) in [5, 5.41) is 6.70. The average molecular weight is 290 g/mol. The Hall–Kier alpha value is -3.14. The fourth-order valence-corrected chi connectivity index (χ4v) is 2.14. The Labute approximate surface area is 129 Å². The standard InChI is InChI=1S/C18H18N4/c19-13-4-8-15(9-5-13)21-17-2-1-3-18(12-17)22-16-10-6-14(20)7-11-16/h1-12,21-22H,19-20H2. The summed E-state index contributed by atoms with van der Waals surface area (Å²) in [4.78, 5) is 0. The van der Waals surface area contributed by atoms with Gasteiger partial charge in [0.25, 0.3) is 0 Å². The number of hydrogen-bond donors (Lipinski definition) is 4. The number of nitrogen functional groups attached to an aromatic ring is 2. The zero-order valence-electron chi connectivity index (χ0n) is 12.1. The lowest BCUT2D eigenvalue weighted by Gasteiger charge is -2.11. The van der Waals surface area contributed by atoms with E-state index in [1.54, 1.807) is 0 Å². The van der Waals surface area contributed by atoms with Crippen LogP contribution in [0.15, 0.2) is 72.8 Å². The Morgan fingerprint density at radius 1 is 0.500 bits per heavy atom. The van der Waals surface area contributed by atoms with Crippen molar-refractivity contribution in [3.8, 4) is 0 Å². The Kier molecular flexibility index (Phi) is 3.83. The van der Waals surface area contributed by atoms with Crippen molar-refractivity contribution in [3.05, 3.63) is 72.8 Å². The molecule has 22 heavy (non-hydrogen) atoms. The molecule has 3 aromatic carbocycles. The smallest absolute Gasteiger partial charge is 0.0405 e. The van der Waals surface area contributed by atoms with Crippen molar-refractivity contribution in [1.29, 1.82) is 0 Å². The van der Waals surface area contributed by atoms with Crippen LogP contribution >= 0.6 is 0 Å². The molecule has 3 rings (SSSR count). The van der Waals surface area contributed by atoms with E-state index in [4.69, 9.17) is 11.5 Å². The van der Waals surface area contributed by atoms with Gasteiger partial charge in [-0.2, -0.15) is 0 Å². The highest BCUT2D eigenvalue weighted by molar-refractivity contribution is 5.69. The summed E-state index contributed by atoms with van der Waals surface area (Å²) in [7, 11) is 0. The van der Waals surface area contributed by atoms with E-state index >= 15 is 0 Å². The van der Waals surface area contributed by atoms with E-state index in [9.17, 15) is 0 Å². The van der Waals surface area contributed by atoms with E-state index < -0.39 is 0 Å². The van der Waals surface area contributed by atoms with E-state index in [0.29, 0.717) is 0 Å². The lowest BCUT2D eigenvalue weighted by atomic mass is 10.2. The molecule has 6 N–H and O–H groups in total. The van der Waals surface area contributed by atoms with Crippen LogP contribution in [-0.4, -0.2) is 0 Å². The van der Waals surface area contributed by atoms with Crippen molar-refractivity contribution in [3.63, 3.8) is 0 Å². The minimum absolute atomic E-state index is 0.754. The first-order chi connectivity index (χ1) is 10.7. The van der Waals surface area contributed by atoms with Crippen LogP contribution in [0.25, 0.3) is 0 Å². The van der Waals surface area contributed by atoms with Gasteiger partial charge in [-0.05, 0) is 66.7 Å². The Morgan fingerprint density at radius 3 is 1.32 bits per heavy atom. The molecule has 3 aromatic rings. The van der Waals surface area contributed by atoms with Gasteiger partial charge in [0.05, 0.1) is 0 Å². The Balaban J connectivity index is 1.74. The van der Waals surface area contributed by atoms with E-state index in [1.165, 1.54) is 0 Å². The van der Waals surface area contributed by atoms with E-state index in [2.05, 4.69) is 10.6 Å². The molecule has 0 amide bonds. The normalized spacial score (nSPS) is 10.2. The molecular formula is C18H18N4. The van der Waals surface area contributed by atoms with Gasteiger partial charge in [-0.15, -0.1) is 0 Å². The zero-order chi connectivity index (χ0) is 15.4. The van der Waals surface area contributed by atoms with Crippen LogP contribution in [0.2, 0.25) is 0 Å². The van der Waals surface area contributed by atoms with Crippen molar-refractivity contribution in [2.24, 2.45) is 0 Å². The molecule has 0 radical (unpaired) electrons. The molecular weight excluding hydrogens is 272 g/mol. The maximum absolute atomic E-state index is 5.69. The molecule has 0 heterocycles. The SMILES string of the molecule is Nc1ccc(Nc2cccc(Nc3ccc(N)cc3)c2)cc1. The van der Waals surface area contributed by atoms with Crippen LogP contribution in [-0.2, 0) is 0 Å². The second kappa shape index (κ2) is 6.10. The summed E-state index contributed by atoms with van der Waals surface area (Å²) in [5.74, 6) is 0. The Morgan fingerprint density at radius 2 is 0.909 bits per heavy atom. The van der Waals surface area contributed by atoms with Crippen molar-refractivity contribution >= 4 is 34.1 Å². The summed E-state index contributed by atoms with van der Waals surface area (Å²) in [6.45, 7) is 0. The first kappa shape index (κ1) is 13.8. The maximum Gasteiger partial charge on any atom is 0.0405 e. The second-order valence-corrected chi connectivity index (χ2v) is 5.07.